The number of nitrogens with zero attached hydrogens (tertiary/aromatic N) is 3. The van der Waals surface area contributed by atoms with Crippen molar-refractivity contribution in [1.29, 1.82) is 0 Å². The second kappa shape index (κ2) is 4.76. The Hall–Kier alpha value is -1.29. The Morgan fingerprint density at radius 2 is 1.83 bits per heavy atom. The zero-order valence-electron chi connectivity index (χ0n) is 9.50. The van der Waals surface area contributed by atoms with E-state index in [-0.39, 0.29) is 6.54 Å². The van der Waals surface area contributed by atoms with Gasteiger partial charge in [0.05, 0.1) is 6.04 Å². The number of nitrogens with two attached hydrogens (primary N) is 1. The van der Waals surface area contributed by atoms with Gasteiger partial charge in [-0.25, -0.2) is 0 Å². The minimum absolute atomic E-state index is 0.177. The van der Waals surface area contributed by atoms with E-state index in [0.29, 0.717) is 0 Å². The highest BCUT2D eigenvalue weighted by Crippen LogP contribution is 2.43. The number of hydrogen-bond donors (Lipinski definition) is 1. The van der Waals surface area contributed by atoms with Gasteiger partial charge in [0.25, 0.3) is 0 Å². The number of likely N-dealkylation sites (N-methyl/N-ethyl adjacent to an activating group) is 1. The maximum absolute atomic E-state index is 12.8. The van der Waals surface area contributed by atoms with Crippen LogP contribution in [0.15, 0.2) is 4.52 Å². The molecule has 0 aliphatic heterocycles. The predicted molar refractivity (Wildman–Crippen MR) is 49.7 cm³/mol. The second-order valence-corrected chi connectivity index (χ2v) is 3.90. The zero-order valence-corrected chi connectivity index (χ0v) is 9.50. The van der Waals surface area contributed by atoms with Gasteiger partial charge in [-0.15, -0.1) is 0 Å². The molecular weight excluding hydrogens is 263 g/mol. The molecule has 10 heteroatoms. The fraction of sp³-hybridized carbons (Fsp3) is 0.750. The molecule has 0 fully saturated rings. The third-order valence-electron chi connectivity index (χ3n) is 1.96. The van der Waals surface area contributed by atoms with Crippen LogP contribution in [0.3, 0.4) is 0 Å². The Morgan fingerprint density at radius 1 is 1.28 bits per heavy atom. The fourth-order valence-electron chi connectivity index (χ4n) is 1.11. The van der Waals surface area contributed by atoms with E-state index in [9.17, 15) is 22.0 Å². The summed E-state index contributed by atoms with van der Waals surface area (Å²) in [7, 11) is 3.29. The summed E-state index contributed by atoms with van der Waals surface area (Å²) in [5.74, 6) is -7.39. The zero-order chi connectivity index (χ0) is 14.1. The maximum Gasteiger partial charge on any atom is 0.463 e. The molecule has 5 nitrogen and oxygen atoms in total. The topological polar surface area (TPSA) is 68.2 Å². The molecule has 2 N–H and O–H groups in total. The van der Waals surface area contributed by atoms with Crippen LogP contribution < -0.4 is 5.73 Å². The van der Waals surface area contributed by atoms with Crippen LogP contribution in [0.25, 0.3) is 0 Å². The van der Waals surface area contributed by atoms with E-state index >= 15 is 0 Å². The van der Waals surface area contributed by atoms with Crippen molar-refractivity contribution in [2.24, 2.45) is 5.73 Å². The van der Waals surface area contributed by atoms with Gasteiger partial charge in [-0.1, -0.05) is 5.16 Å². The molecule has 1 atom stereocenters. The van der Waals surface area contributed by atoms with Gasteiger partial charge in [0.1, 0.15) is 0 Å². The molecule has 0 aromatic carbocycles. The molecule has 18 heavy (non-hydrogen) atoms. The van der Waals surface area contributed by atoms with Gasteiger partial charge in [0.2, 0.25) is 0 Å². The molecule has 0 aliphatic carbocycles. The normalized spacial score (nSPS) is 15.2. The Labute approximate surface area is 98.7 Å². The van der Waals surface area contributed by atoms with Gasteiger partial charge in [-0.3, -0.25) is 0 Å². The molecule has 0 aliphatic rings. The number of halogens is 5. The Kier molecular flexibility index (Phi) is 3.91. The Bertz CT molecular complexity index is 402. The predicted octanol–water partition coefficient (Wildman–Crippen LogP) is 1.29. The summed E-state index contributed by atoms with van der Waals surface area (Å²) >= 11 is 0. The Balaban J connectivity index is 2.93. The summed E-state index contributed by atoms with van der Waals surface area (Å²) < 4.78 is 65.7. The highest BCUT2D eigenvalue weighted by atomic mass is 19.4. The number of alkyl halides is 5. The smallest absolute Gasteiger partial charge is 0.332 e. The van der Waals surface area contributed by atoms with Crippen LogP contribution in [0.4, 0.5) is 22.0 Å². The number of rotatable bonds is 4. The van der Waals surface area contributed by atoms with E-state index in [1.807, 2.05) is 0 Å². The summed E-state index contributed by atoms with van der Waals surface area (Å²) in [4.78, 5) is 4.60. The summed E-state index contributed by atoms with van der Waals surface area (Å²) in [5.41, 5.74) is 5.51. The molecule has 1 unspecified atom stereocenters. The monoisotopic (exact) mass is 274 g/mol. The number of hydrogen-bond acceptors (Lipinski definition) is 5. The van der Waals surface area contributed by atoms with E-state index in [2.05, 4.69) is 14.7 Å². The molecule has 0 radical (unpaired) electrons. The van der Waals surface area contributed by atoms with E-state index in [0.717, 1.165) is 0 Å². The lowest BCUT2D eigenvalue weighted by Crippen LogP contribution is -2.34. The summed E-state index contributed by atoms with van der Waals surface area (Å²) in [6.07, 6.45) is -5.79. The van der Waals surface area contributed by atoms with Crippen LogP contribution in [-0.4, -0.2) is 41.9 Å². The van der Waals surface area contributed by atoms with Crippen LogP contribution >= 0.6 is 0 Å². The van der Waals surface area contributed by atoms with Crippen molar-refractivity contribution in [3.05, 3.63) is 11.7 Å². The first-order valence-electron chi connectivity index (χ1n) is 4.74. The molecular formula is C8H11F5N4O. The third-order valence-corrected chi connectivity index (χ3v) is 1.96. The molecule has 1 aromatic rings. The SMILES string of the molecule is CN(C)CC(N)c1noc(C(F)(F)C(F)(F)F)n1. The largest absolute Gasteiger partial charge is 0.463 e. The lowest BCUT2D eigenvalue weighted by molar-refractivity contribution is -0.298. The molecule has 0 saturated carbocycles. The molecule has 1 aromatic heterocycles. The molecule has 104 valence electrons. The van der Waals surface area contributed by atoms with Gasteiger partial charge >= 0.3 is 18.0 Å². The van der Waals surface area contributed by atoms with Crippen LogP contribution in [0.2, 0.25) is 0 Å². The van der Waals surface area contributed by atoms with E-state index < -0.39 is 29.9 Å². The van der Waals surface area contributed by atoms with Crippen LogP contribution in [0.5, 0.6) is 0 Å². The molecule has 0 amide bonds. The average molecular weight is 274 g/mol. The van der Waals surface area contributed by atoms with Gasteiger partial charge in [-0.2, -0.15) is 26.9 Å². The fourth-order valence-corrected chi connectivity index (χ4v) is 1.11. The van der Waals surface area contributed by atoms with Crippen molar-refractivity contribution < 1.29 is 26.5 Å². The van der Waals surface area contributed by atoms with Crippen molar-refractivity contribution in [2.45, 2.75) is 18.1 Å². The van der Waals surface area contributed by atoms with E-state index in [4.69, 9.17) is 5.73 Å². The van der Waals surface area contributed by atoms with Crippen LogP contribution in [0.1, 0.15) is 17.8 Å². The minimum atomic E-state index is -5.79. The van der Waals surface area contributed by atoms with Gasteiger partial charge in [0, 0.05) is 6.54 Å². The van der Waals surface area contributed by atoms with Gasteiger partial charge in [-0.05, 0) is 14.1 Å². The summed E-state index contributed by atoms with van der Waals surface area (Å²) in [6.45, 7) is 0.177. The lowest BCUT2D eigenvalue weighted by Gasteiger charge is -2.15. The quantitative estimate of drug-likeness (QED) is 0.838. The van der Waals surface area contributed by atoms with Crippen LogP contribution in [-0.2, 0) is 5.92 Å². The molecule has 1 rings (SSSR count). The second-order valence-electron chi connectivity index (χ2n) is 3.90. The van der Waals surface area contributed by atoms with Gasteiger partial charge in [0.15, 0.2) is 5.82 Å². The Morgan fingerprint density at radius 3 is 2.28 bits per heavy atom. The first kappa shape index (κ1) is 14.8. The van der Waals surface area contributed by atoms with Crippen molar-refractivity contribution >= 4 is 0 Å². The van der Waals surface area contributed by atoms with Crippen molar-refractivity contribution in [3.63, 3.8) is 0 Å². The van der Waals surface area contributed by atoms with Crippen molar-refractivity contribution in [2.75, 3.05) is 20.6 Å². The maximum atomic E-state index is 12.8. The summed E-state index contributed by atoms with van der Waals surface area (Å²) in [6, 6.07) is -0.915. The van der Waals surface area contributed by atoms with Crippen LogP contribution in [0, 0.1) is 0 Å². The minimum Gasteiger partial charge on any atom is -0.332 e. The molecule has 0 bridgehead atoms. The third kappa shape index (κ3) is 2.93. The first-order chi connectivity index (χ1) is 8.05. The highest BCUT2D eigenvalue weighted by molar-refractivity contribution is 5.01. The average Bonchev–Trinajstić information content (AvgIpc) is 2.63. The highest BCUT2D eigenvalue weighted by Gasteiger charge is 2.63. The van der Waals surface area contributed by atoms with E-state index in [1.165, 1.54) is 0 Å². The lowest BCUT2D eigenvalue weighted by atomic mass is 10.3. The molecule has 0 saturated heterocycles. The van der Waals surface area contributed by atoms with Crippen molar-refractivity contribution in [1.82, 2.24) is 15.0 Å². The molecule has 1 heterocycles. The summed E-state index contributed by atoms with van der Waals surface area (Å²) in [5, 5.41) is 3.03. The van der Waals surface area contributed by atoms with Crippen molar-refractivity contribution in [3.8, 4) is 0 Å². The van der Waals surface area contributed by atoms with E-state index in [1.54, 1.807) is 19.0 Å². The van der Waals surface area contributed by atoms with Gasteiger partial charge < -0.3 is 15.2 Å². The first-order valence-corrected chi connectivity index (χ1v) is 4.74. The standard InChI is InChI=1S/C8H11F5N4O/c1-17(2)3-4(14)5-15-6(18-16-5)7(9,10)8(11,12)13/h4H,3,14H2,1-2H3. The molecule has 0 spiro atoms. The number of aromatic nitrogens is 2.